The molecule has 148 valence electrons. The molecule has 28 heavy (non-hydrogen) atoms. The monoisotopic (exact) mass is 407 g/mol. The van der Waals surface area contributed by atoms with Gasteiger partial charge in [0.15, 0.2) is 5.78 Å². The van der Waals surface area contributed by atoms with Gasteiger partial charge in [-0.2, -0.15) is 13.1 Å². The van der Waals surface area contributed by atoms with E-state index in [0.29, 0.717) is 24.2 Å². The molecule has 2 aromatic rings. The Morgan fingerprint density at radius 3 is 2.18 bits per heavy atom. The van der Waals surface area contributed by atoms with Gasteiger partial charge in [-0.05, 0) is 60.9 Å². The fourth-order valence-electron chi connectivity index (χ4n) is 2.90. The maximum Gasteiger partial charge on any atom is 0.387 e. The molecule has 0 aromatic heterocycles. The van der Waals surface area contributed by atoms with Crippen LogP contribution in [0.5, 0.6) is 5.75 Å². The van der Waals surface area contributed by atoms with Crippen molar-refractivity contribution < 1.29 is 26.7 Å². The first-order valence-corrected chi connectivity index (χ1v) is 10.2. The van der Waals surface area contributed by atoms with Crippen molar-refractivity contribution in [3.63, 3.8) is 0 Å². The molecule has 1 aliphatic heterocycles. The number of hydrogen-bond acceptors (Lipinski definition) is 4. The molecule has 1 aliphatic rings. The molecule has 3 rings (SSSR count). The minimum atomic E-state index is -3.51. The van der Waals surface area contributed by atoms with Crippen LogP contribution < -0.4 is 4.74 Å². The Morgan fingerprint density at radius 1 is 1.00 bits per heavy atom. The molecule has 1 heterocycles. The van der Waals surface area contributed by atoms with Crippen molar-refractivity contribution in [3.05, 3.63) is 65.7 Å². The van der Waals surface area contributed by atoms with E-state index in [2.05, 4.69) is 4.74 Å². The van der Waals surface area contributed by atoms with Crippen LogP contribution in [0.25, 0.3) is 6.08 Å². The summed E-state index contributed by atoms with van der Waals surface area (Å²) in [4.78, 5) is 12.4. The number of benzene rings is 2. The SMILES string of the molecule is O=C(/C=C/c1ccc(OC(F)F)cc1)c1ccc(S(=O)(=O)N2CCCC2)cc1. The third kappa shape index (κ3) is 4.82. The molecule has 0 N–H and O–H groups in total. The molecule has 0 saturated carbocycles. The van der Waals surface area contributed by atoms with Crippen molar-refractivity contribution in [2.24, 2.45) is 0 Å². The first-order valence-electron chi connectivity index (χ1n) is 8.74. The molecule has 1 saturated heterocycles. The van der Waals surface area contributed by atoms with E-state index in [1.807, 2.05) is 0 Å². The van der Waals surface area contributed by atoms with Crippen molar-refractivity contribution in [1.82, 2.24) is 4.31 Å². The van der Waals surface area contributed by atoms with Gasteiger partial charge in [-0.25, -0.2) is 8.42 Å². The lowest BCUT2D eigenvalue weighted by molar-refractivity contribution is -0.0498. The van der Waals surface area contributed by atoms with Crippen molar-refractivity contribution >= 4 is 21.9 Å². The van der Waals surface area contributed by atoms with Gasteiger partial charge in [0, 0.05) is 18.7 Å². The molecular weight excluding hydrogens is 388 g/mol. The summed E-state index contributed by atoms with van der Waals surface area (Å²) in [5.74, 6) is -0.258. The minimum Gasteiger partial charge on any atom is -0.435 e. The normalized spacial score (nSPS) is 15.4. The summed E-state index contributed by atoms with van der Waals surface area (Å²) in [5.41, 5.74) is 0.998. The van der Waals surface area contributed by atoms with Gasteiger partial charge in [-0.1, -0.05) is 18.2 Å². The summed E-state index contributed by atoms with van der Waals surface area (Å²) in [6.07, 6.45) is 4.60. The van der Waals surface area contributed by atoms with Crippen molar-refractivity contribution in [1.29, 1.82) is 0 Å². The fraction of sp³-hybridized carbons (Fsp3) is 0.250. The van der Waals surface area contributed by atoms with Gasteiger partial charge in [-0.15, -0.1) is 0 Å². The number of carbonyl (C=O) groups excluding carboxylic acids is 1. The highest BCUT2D eigenvalue weighted by molar-refractivity contribution is 7.89. The first-order chi connectivity index (χ1) is 13.4. The van der Waals surface area contributed by atoms with Crippen LogP contribution in [0, 0.1) is 0 Å². The zero-order valence-electron chi connectivity index (χ0n) is 14.9. The maximum atomic E-state index is 12.5. The molecule has 5 nitrogen and oxygen atoms in total. The Morgan fingerprint density at radius 2 is 1.61 bits per heavy atom. The lowest BCUT2D eigenvalue weighted by atomic mass is 10.1. The van der Waals surface area contributed by atoms with Gasteiger partial charge in [-0.3, -0.25) is 4.79 Å². The molecule has 0 atom stereocenters. The van der Waals surface area contributed by atoms with Crippen molar-refractivity contribution in [3.8, 4) is 5.75 Å². The Kier molecular flexibility index (Phi) is 6.21. The number of allylic oxidation sites excluding steroid dienone is 1. The summed E-state index contributed by atoms with van der Waals surface area (Å²) in [6.45, 7) is -1.85. The molecule has 2 aromatic carbocycles. The molecule has 8 heteroatoms. The largest absolute Gasteiger partial charge is 0.435 e. The lowest BCUT2D eigenvalue weighted by Gasteiger charge is -2.15. The van der Waals surface area contributed by atoms with E-state index in [-0.39, 0.29) is 16.4 Å². The van der Waals surface area contributed by atoms with Gasteiger partial charge in [0.1, 0.15) is 5.75 Å². The van der Waals surface area contributed by atoms with E-state index in [1.165, 1.54) is 46.8 Å². The number of nitrogens with zero attached hydrogens (tertiary/aromatic N) is 1. The first kappa shape index (κ1) is 20.2. The van der Waals surface area contributed by atoms with E-state index in [4.69, 9.17) is 0 Å². The van der Waals surface area contributed by atoms with Crippen molar-refractivity contribution in [2.75, 3.05) is 13.1 Å². The highest BCUT2D eigenvalue weighted by atomic mass is 32.2. The Balaban J connectivity index is 1.66. The molecule has 0 bridgehead atoms. The maximum absolute atomic E-state index is 12.5. The number of hydrogen-bond donors (Lipinski definition) is 0. The zero-order valence-corrected chi connectivity index (χ0v) is 15.7. The number of carbonyl (C=O) groups is 1. The fourth-order valence-corrected chi connectivity index (χ4v) is 4.41. The molecule has 1 fully saturated rings. The molecular formula is C20H19F2NO4S. The predicted octanol–water partition coefficient (Wildman–Crippen LogP) is 3.97. The summed E-state index contributed by atoms with van der Waals surface area (Å²) < 4.78 is 55.0. The smallest absolute Gasteiger partial charge is 0.387 e. The average Bonchev–Trinajstić information content (AvgIpc) is 3.22. The third-order valence-corrected chi connectivity index (χ3v) is 6.29. The second-order valence-corrected chi connectivity index (χ2v) is 8.22. The van der Waals surface area contributed by atoms with Crippen LogP contribution in [0.1, 0.15) is 28.8 Å². The minimum absolute atomic E-state index is 0.0354. The zero-order chi connectivity index (χ0) is 20.1. The number of sulfonamides is 1. The van der Waals surface area contributed by atoms with Crippen LogP contribution in [0.2, 0.25) is 0 Å². The van der Waals surface area contributed by atoms with E-state index < -0.39 is 16.6 Å². The van der Waals surface area contributed by atoms with Crippen LogP contribution in [0.15, 0.2) is 59.5 Å². The third-order valence-electron chi connectivity index (χ3n) is 4.37. The molecule has 0 radical (unpaired) electrons. The van der Waals surface area contributed by atoms with E-state index in [9.17, 15) is 22.0 Å². The van der Waals surface area contributed by atoms with E-state index in [0.717, 1.165) is 12.8 Å². The highest BCUT2D eigenvalue weighted by Gasteiger charge is 2.27. The highest BCUT2D eigenvalue weighted by Crippen LogP contribution is 2.21. The van der Waals surface area contributed by atoms with Gasteiger partial charge in [0.25, 0.3) is 0 Å². The second-order valence-electron chi connectivity index (χ2n) is 6.28. The predicted molar refractivity (Wildman–Crippen MR) is 101 cm³/mol. The quantitative estimate of drug-likeness (QED) is 0.515. The molecule has 0 spiro atoms. The standard InChI is InChI=1S/C20H19F2NO4S/c21-20(22)27-17-8-3-15(4-9-17)5-12-19(24)16-6-10-18(11-7-16)28(25,26)23-13-1-2-14-23/h3-12,20H,1-2,13-14H2/b12-5+. The van der Waals surface area contributed by atoms with Gasteiger partial charge in [0.05, 0.1) is 4.90 Å². The van der Waals surface area contributed by atoms with Gasteiger partial charge < -0.3 is 4.74 Å². The summed E-state index contributed by atoms with van der Waals surface area (Å²) in [5, 5.41) is 0. The average molecular weight is 407 g/mol. The Labute approximate surface area is 162 Å². The van der Waals surface area contributed by atoms with Crippen molar-refractivity contribution in [2.45, 2.75) is 24.3 Å². The number of ketones is 1. The number of halogens is 2. The Hall–Kier alpha value is -2.58. The van der Waals surface area contributed by atoms with E-state index >= 15 is 0 Å². The molecule has 0 aliphatic carbocycles. The van der Waals surface area contributed by atoms with Gasteiger partial charge >= 0.3 is 6.61 Å². The number of ether oxygens (including phenoxy) is 1. The lowest BCUT2D eigenvalue weighted by Crippen LogP contribution is -2.27. The Bertz CT molecular complexity index is 949. The summed E-state index contributed by atoms with van der Waals surface area (Å²) in [7, 11) is -3.51. The van der Waals surface area contributed by atoms with Gasteiger partial charge in [0.2, 0.25) is 10.0 Å². The summed E-state index contributed by atoms with van der Waals surface area (Å²) in [6, 6.07) is 11.7. The summed E-state index contributed by atoms with van der Waals surface area (Å²) >= 11 is 0. The molecule has 0 unspecified atom stereocenters. The van der Waals surface area contributed by atoms with Crippen LogP contribution in [0.4, 0.5) is 8.78 Å². The molecule has 0 amide bonds. The number of rotatable bonds is 7. The van der Waals surface area contributed by atoms with E-state index in [1.54, 1.807) is 18.2 Å². The topological polar surface area (TPSA) is 63.7 Å². The van der Waals surface area contributed by atoms with Crippen LogP contribution >= 0.6 is 0 Å². The second kappa shape index (κ2) is 8.62. The number of alkyl halides is 2. The van der Waals surface area contributed by atoms with Crippen LogP contribution in [0.3, 0.4) is 0 Å². The van der Waals surface area contributed by atoms with Crippen LogP contribution in [-0.4, -0.2) is 38.2 Å². The van der Waals surface area contributed by atoms with Crippen LogP contribution in [-0.2, 0) is 10.0 Å².